The minimum atomic E-state index is -0.844. The summed E-state index contributed by atoms with van der Waals surface area (Å²) >= 11 is 0. The highest BCUT2D eigenvalue weighted by Gasteiger charge is 2.25. The normalized spacial score (nSPS) is 15.4. The third-order valence-electron chi connectivity index (χ3n) is 3.43. The first-order valence-corrected chi connectivity index (χ1v) is 6.87. The van der Waals surface area contributed by atoms with Gasteiger partial charge in [-0.3, -0.25) is 9.59 Å². The Bertz CT molecular complexity index is 572. The van der Waals surface area contributed by atoms with Crippen molar-refractivity contribution in [3.8, 4) is 0 Å². The first-order valence-electron chi connectivity index (χ1n) is 6.87. The highest BCUT2D eigenvalue weighted by atomic mass is 19.1. The zero-order chi connectivity index (χ0) is 15.6. The monoisotopic (exact) mass is 294 g/mol. The van der Waals surface area contributed by atoms with Crippen LogP contribution in [0.25, 0.3) is 0 Å². The Morgan fingerprint density at radius 1 is 1.48 bits per heavy atom. The summed E-state index contributed by atoms with van der Waals surface area (Å²) in [6.07, 6.45) is 1.23. The Labute approximate surface area is 122 Å². The van der Waals surface area contributed by atoms with E-state index in [1.165, 1.54) is 18.2 Å². The summed E-state index contributed by atoms with van der Waals surface area (Å²) in [5.74, 6) is -1.29. The summed E-state index contributed by atoms with van der Waals surface area (Å²) in [5, 5.41) is 11.7. The van der Waals surface area contributed by atoms with Crippen molar-refractivity contribution in [3.63, 3.8) is 0 Å². The second kappa shape index (κ2) is 5.81. The SMILES string of the molecule is CC(C)(CO)NC(=O)c1cc(N2CCCC2=O)ccc1F. The Kier molecular flexibility index (Phi) is 4.27. The van der Waals surface area contributed by atoms with Gasteiger partial charge in [-0.15, -0.1) is 0 Å². The molecule has 114 valence electrons. The summed E-state index contributed by atoms with van der Waals surface area (Å²) in [7, 11) is 0. The van der Waals surface area contributed by atoms with E-state index in [4.69, 9.17) is 5.11 Å². The van der Waals surface area contributed by atoms with Crippen LogP contribution in [0.15, 0.2) is 18.2 Å². The molecule has 5 nitrogen and oxygen atoms in total. The summed E-state index contributed by atoms with van der Waals surface area (Å²) in [6.45, 7) is 3.59. The van der Waals surface area contributed by atoms with Crippen molar-refractivity contribution in [2.24, 2.45) is 0 Å². The van der Waals surface area contributed by atoms with Crippen LogP contribution in [0.2, 0.25) is 0 Å². The van der Waals surface area contributed by atoms with Gasteiger partial charge in [0.05, 0.1) is 17.7 Å². The number of halogens is 1. The highest BCUT2D eigenvalue weighted by Crippen LogP contribution is 2.24. The first-order chi connectivity index (χ1) is 9.84. The van der Waals surface area contributed by atoms with E-state index in [9.17, 15) is 14.0 Å². The van der Waals surface area contributed by atoms with Crippen LogP contribution in [0, 0.1) is 5.82 Å². The van der Waals surface area contributed by atoms with E-state index in [1.807, 2.05) is 0 Å². The lowest BCUT2D eigenvalue weighted by atomic mass is 10.1. The molecule has 0 aliphatic carbocycles. The van der Waals surface area contributed by atoms with Crippen LogP contribution < -0.4 is 10.2 Å². The fourth-order valence-electron chi connectivity index (χ4n) is 2.19. The molecule has 2 N–H and O–H groups in total. The molecule has 21 heavy (non-hydrogen) atoms. The van der Waals surface area contributed by atoms with E-state index < -0.39 is 17.3 Å². The Morgan fingerprint density at radius 3 is 2.76 bits per heavy atom. The van der Waals surface area contributed by atoms with Crippen LogP contribution in [0.4, 0.5) is 10.1 Å². The lowest BCUT2D eigenvalue weighted by Gasteiger charge is -2.24. The van der Waals surface area contributed by atoms with Gasteiger partial charge in [0.2, 0.25) is 5.91 Å². The van der Waals surface area contributed by atoms with Gasteiger partial charge in [0, 0.05) is 18.7 Å². The standard InChI is InChI=1S/C15H19FN2O3/c1-15(2,9-19)17-14(21)11-8-10(5-6-12(11)16)18-7-3-4-13(18)20/h5-6,8,19H,3-4,7,9H2,1-2H3,(H,17,21). The number of carbonyl (C=O) groups is 2. The minimum absolute atomic E-state index is 0.0244. The summed E-state index contributed by atoms with van der Waals surface area (Å²) in [6, 6.07) is 4.05. The van der Waals surface area contributed by atoms with E-state index in [2.05, 4.69) is 5.32 Å². The molecule has 2 amide bonds. The van der Waals surface area contributed by atoms with Gasteiger partial charge in [0.25, 0.3) is 5.91 Å². The molecule has 1 heterocycles. The van der Waals surface area contributed by atoms with E-state index in [1.54, 1.807) is 18.7 Å². The van der Waals surface area contributed by atoms with Crippen LogP contribution in [-0.2, 0) is 4.79 Å². The maximum absolute atomic E-state index is 13.9. The second-order valence-electron chi connectivity index (χ2n) is 5.81. The number of rotatable bonds is 4. The summed E-state index contributed by atoms with van der Waals surface area (Å²) < 4.78 is 13.9. The average molecular weight is 294 g/mol. The predicted octanol–water partition coefficient (Wildman–Crippen LogP) is 1.45. The van der Waals surface area contributed by atoms with Gasteiger partial charge in [-0.2, -0.15) is 0 Å². The fourth-order valence-corrected chi connectivity index (χ4v) is 2.19. The molecule has 1 aliphatic heterocycles. The van der Waals surface area contributed by atoms with E-state index in [0.717, 1.165) is 6.42 Å². The van der Waals surface area contributed by atoms with Crippen LogP contribution in [-0.4, -0.2) is 35.6 Å². The number of nitrogens with one attached hydrogen (secondary N) is 1. The number of benzene rings is 1. The molecule has 1 aromatic carbocycles. The smallest absolute Gasteiger partial charge is 0.254 e. The van der Waals surface area contributed by atoms with Crippen LogP contribution in [0.1, 0.15) is 37.0 Å². The van der Waals surface area contributed by atoms with Crippen molar-refractivity contribution in [1.29, 1.82) is 0 Å². The van der Waals surface area contributed by atoms with Gasteiger partial charge in [0.1, 0.15) is 5.82 Å². The average Bonchev–Trinajstić information content (AvgIpc) is 2.85. The summed E-state index contributed by atoms with van der Waals surface area (Å²) in [5.41, 5.74) is -0.456. The van der Waals surface area contributed by atoms with Crippen molar-refractivity contribution in [2.75, 3.05) is 18.1 Å². The number of anilines is 1. The van der Waals surface area contributed by atoms with Crippen LogP contribution in [0.5, 0.6) is 0 Å². The van der Waals surface area contributed by atoms with Gasteiger partial charge in [-0.1, -0.05) is 0 Å². The molecule has 2 rings (SSSR count). The van der Waals surface area contributed by atoms with Crippen molar-refractivity contribution in [3.05, 3.63) is 29.6 Å². The molecule has 0 atom stereocenters. The van der Waals surface area contributed by atoms with Gasteiger partial charge >= 0.3 is 0 Å². The number of amides is 2. The van der Waals surface area contributed by atoms with Crippen molar-refractivity contribution in [1.82, 2.24) is 5.32 Å². The third-order valence-corrected chi connectivity index (χ3v) is 3.43. The molecule has 1 aliphatic rings. The van der Waals surface area contributed by atoms with Gasteiger partial charge < -0.3 is 15.3 Å². The molecule has 0 radical (unpaired) electrons. The first kappa shape index (κ1) is 15.4. The fraction of sp³-hybridized carbons (Fsp3) is 0.467. The molecule has 0 aromatic heterocycles. The number of carbonyl (C=O) groups excluding carboxylic acids is 2. The lowest BCUT2D eigenvalue weighted by molar-refractivity contribution is -0.117. The zero-order valence-electron chi connectivity index (χ0n) is 12.1. The minimum Gasteiger partial charge on any atom is -0.394 e. The Balaban J connectivity index is 2.27. The number of aliphatic hydroxyl groups is 1. The predicted molar refractivity (Wildman–Crippen MR) is 76.6 cm³/mol. The lowest BCUT2D eigenvalue weighted by Crippen LogP contribution is -2.46. The molecule has 1 aromatic rings. The number of hydrogen-bond acceptors (Lipinski definition) is 3. The Morgan fingerprint density at radius 2 is 2.19 bits per heavy atom. The Hall–Kier alpha value is -1.95. The van der Waals surface area contributed by atoms with E-state index in [-0.39, 0.29) is 18.1 Å². The number of hydrogen-bond donors (Lipinski definition) is 2. The van der Waals surface area contributed by atoms with Gasteiger partial charge in [-0.25, -0.2) is 4.39 Å². The van der Waals surface area contributed by atoms with E-state index in [0.29, 0.717) is 18.7 Å². The van der Waals surface area contributed by atoms with Gasteiger partial charge in [-0.05, 0) is 38.5 Å². The van der Waals surface area contributed by atoms with Crippen LogP contribution >= 0.6 is 0 Å². The molecule has 0 spiro atoms. The maximum Gasteiger partial charge on any atom is 0.254 e. The quantitative estimate of drug-likeness (QED) is 0.883. The molecule has 1 fully saturated rings. The highest BCUT2D eigenvalue weighted by molar-refractivity contribution is 5.99. The van der Waals surface area contributed by atoms with Crippen molar-refractivity contribution < 1.29 is 19.1 Å². The number of nitrogens with zero attached hydrogens (tertiary/aromatic N) is 1. The third kappa shape index (κ3) is 3.39. The summed E-state index contributed by atoms with van der Waals surface area (Å²) in [4.78, 5) is 25.4. The van der Waals surface area contributed by atoms with E-state index >= 15 is 0 Å². The molecule has 0 saturated carbocycles. The van der Waals surface area contributed by atoms with Crippen molar-refractivity contribution >= 4 is 17.5 Å². The van der Waals surface area contributed by atoms with Crippen LogP contribution in [0.3, 0.4) is 0 Å². The molecule has 0 unspecified atom stereocenters. The molecule has 1 saturated heterocycles. The molecular weight excluding hydrogens is 275 g/mol. The number of aliphatic hydroxyl groups excluding tert-OH is 1. The molecule has 0 bridgehead atoms. The van der Waals surface area contributed by atoms with Crippen molar-refractivity contribution in [2.45, 2.75) is 32.2 Å². The zero-order valence-corrected chi connectivity index (χ0v) is 12.1. The molecular formula is C15H19FN2O3. The molecule has 6 heteroatoms. The van der Waals surface area contributed by atoms with Gasteiger partial charge in [0.15, 0.2) is 0 Å². The second-order valence-corrected chi connectivity index (χ2v) is 5.81. The maximum atomic E-state index is 13.9. The topological polar surface area (TPSA) is 69.6 Å². The largest absolute Gasteiger partial charge is 0.394 e.